The second-order valence-electron chi connectivity index (χ2n) is 4.97. The lowest BCUT2D eigenvalue weighted by molar-refractivity contribution is 0.126. The summed E-state index contributed by atoms with van der Waals surface area (Å²) in [4.78, 5) is 12.9. The van der Waals surface area contributed by atoms with E-state index in [1.54, 1.807) is 11.3 Å². The van der Waals surface area contributed by atoms with E-state index in [1.807, 2.05) is 14.1 Å². The first-order valence-electron chi connectivity index (χ1n) is 7.02. The Morgan fingerprint density at radius 1 is 1.33 bits per heavy atom. The van der Waals surface area contributed by atoms with E-state index in [0.717, 1.165) is 35.6 Å². The molecule has 5 nitrogen and oxygen atoms in total. The summed E-state index contributed by atoms with van der Waals surface area (Å²) in [6.45, 7) is 5.13. The SMILES string of the molecule is CCc1cc2c(NCCOCCN(C)C)nc(Cl)nc2s1. The van der Waals surface area contributed by atoms with Crippen molar-refractivity contribution >= 4 is 39.0 Å². The van der Waals surface area contributed by atoms with Crippen molar-refractivity contribution in [1.82, 2.24) is 14.9 Å². The number of fused-ring (bicyclic) bond motifs is 1. The van der Waals surface area contributed by atoms with Crippen LogP contribution in [0.3, 0.4) is 0 Å². The van der Waals surface area contributed by atoms with Crippen molar-refractivity contribution in [2.75, 3.05) is 45.7 Å². The molecule has 2 heterocycles. The standard InChI is InChI=1S/C14H21ClN4OS/c1-4-10-9-11-12(17-14(15)18-13(11)21-10)16-5-7-20-8-6-19(2)3/h9H,4-8H2,1-3H3,(H,16,17,18). The van der Waals surface area contributed by atoms with Crippen LogP contribution in [0.25, 0.3) is 10.2 Å². The molecule has 7 heteroatoms. The normalized spacial score (nSPS) is 11.5. The van der Waals surface area contributed by atoms with Crippen molar-refractivity contribution in [3.8, 4) is 0 Å². The van der Waals surface area contributed by atoms with Gasteiger partial charge in [-0.3, -0.25) is 0 Å². The van der Waals surface area contributed by atoms with E-state index in [4.69, 9.17) is 16.3 Å². The molecule has 0 aliphatic heterocycles. The van der Waals surface area contributed by atoms with E-state index in [2.05, 4.69) is 33.2 Å². The fourth-order valence-corrected chi connectivity index (χ4v) is 3.03. The molecule has 0 fully saturated rings. The summed E-state index contributed by atoms with van der Waals surface area (Å²) in [5.41, 5.74) is 0. The smallest absolute Gasteiger partial charge is 0.225 e. The highest BCUT2D eigenvalue weighted by atomic mass is 35.5. The Morgan fingerprint density at radius 2 is 2.14 bits per heavy atom. The second kappa shape index (κ2) is 7.89. The van der Waals surface area contributed by atoms with Crippen LogP contribution >= 0.6 is 22.9 Å². The van der Waals surface area contributed by atoms with E-state index in [0.29, 0.717) is 13.2 Å². The van der Waals surface area contributed by atoms with Crippen LogP contribution in [-0.2, 0) is 11.2 Å². The number of aryl methyl sites for hydroxylation is 1. The van der Waals surface area contributed by atoms with Crippen molar-refractivity contribution in [3.05, 3.63) is 16.2 Å². The molecule has 0 unspecified atom stereocenters. The zero-order chi connectivity index (χ0) is 15.2. The Kier molecular flexibility index (Phi) is 6.17. The quantitative estimate of drug-likeness (QED) is 0.596. The number of hydrogen-bond acceptors (Lipinski definition) is 6. The van der Waals surface area contributed by atoms with Crippen molar-refractivity contribution in [2.45, 2.75) is 13.3 Å². The fourth-order valence-electron chi connectivity index (χ4n) is 1.85. The van der Waals surface area contributed by atoms with Crippen LogP contribution in [-0.4, -0.2) is 55.3 Å². The van der Waals surface area contributed by atoms with Crippen LogP contribution in [0.1, 0.15) is 11.8 Å². The van der Waals surface area contributed by atoms with Gasteiger partial charge in [0, 0.05) is 18.0 Å². The Hall–Kier alpha value is -0.950. The first-order chi connectivity index (χ1) is 10.1. The largest absolute Gasteiger partial charge is 0.378 e. The summed E-state index contributed by atoms with van der Waals surface area (Å²) in [5, 5.41) is 4.60. The zero-order valence-corrected chi connectivity index (χ0v) is 14.2. The van der Waals surface area contributed by atoms with Crippen LogP contribution < -0.4 is 5.32 Å². The lowest BCUT2D eigenvalue weighted by Crippen LogP contribution is -2.20. The summed E-state index contributed by atoms with van der Waals surface area (Å²) >= 11 is 7.65. The topological polar surface area (TPSA) is 50.3 Å². The van der Waals surface area contributed by atoms with E-state index in [9.17, 15) is 0 Å². The van der Waals surface area contributed by atoms with Gasteiger partial charge >= 0.3 is 0 Å². The number of nitrogens with one attached hydrogen (secondary N) is 1. The lowest BCUT2D eigenvalue weighted by atomic mass is 10.3. The third kappa shape index (κ3) is 4.78. The van der Waals surface area contributed by atoms with E-state index in [1.165, 1.54) is 4.88 Å². The van der Waals surface area contributed by atoms with Gasteiger partial charge in [-0.2, -0.15) is 0 Å². The Balaban J connectivity index is 1.93. The Morgan fingerprint density at radius 3 is 2.86 bits per heavy atom. The third-order valence-corrected chi connectivity index (χ3v) is 4.33. The molecule has 2 rings (SSSR count). The first kappa shape index (κ1) is 16.4. The molecular formula is C14H21ClN4OS. The van der Waals surface area contributed by atoms with Crippen LogP contribution in [0, 0.1) is 0 Å². The van der Waals surface area contributed by atoms with E-state index >= 15 is 0 Å². The van der Waals surface area contributed by atoms with Crippen LogP contribution in [0.2, 0.25) is 5.28 Å². The molecule has 0 bridgehead atoms. The molecule has 21 heavy (non-hydrogen) atoms. The molecule has 1 N–H and O–H groups in total. The number of halogens is 1. The highest BCUT2D eigenvalue weighted by Crippen LogP contribution is 2.30. The summed E-state index contributed by atoms with van der Waals surface area (Å²) in [5.74, 6) is 0.789. The summed E-state index contributed by atoms with van der Waals surface area (Å²) in [7, 11) is 4.06. The number of rotatable bonds is 8. The third-order valence-electron chi connectivity index (χ3n) is 2.99. The summed E-state index contributed by atoms with van der Waals surface area (Å²) < 4.78 is 5.56. The van der Waals surface area contributed by atoms with Crippen molar-refractivity contribution in [2.24, 2.45) is 0 Å². The molecule has 2 aromatic rings. The van der Waals surface area contributed by atoms with Gasteiger partial charge in [0.1, 0.15) is 10.6 Å². The van der Waals surface area contributed by atoms with Gasteiger partial charge in [-0.1, -0.05) is 6.92 Å². The predicted molar refractivity (Wildman–Crippen MR) is 89.7 cm³/mol. The molecule has 0 amide bonds. The minimum Gasteiger partial charge on any atom is -0.378 e. The van der Waals surface area contributed by atoms with Gasteiger partial charge in [0.05, 0.1) is 18.6 Å². The summed E-state index contributed by atoms with van der Waals surface area (Å²) in [6.07, 6.45) is 0.992. The molecule has 0 spiro atoms. The zero-order valence-electron chi connectivity index (χ0n) is 12.6. The van der Waals surface area contributed by atoms with Gasteiger partial charge in [-0.15, -0.1) is 11.3 Å². The number of anilines is 1. The second-order valence-corrected chi connectivity index (χ2v) is 6.42. The predicted octanol–water partition coefficient (Wildman–Crippen LogP) is 2.90. The Labute approximate surface area is 134 Å². The molecule has 0 saturated carbocycles. The van der Waals surface area contributed by atoms with Crippen LogP contribution in [0.15, 0.2) is 6.07 Å². The number of nitrogens with zero attached hydrogens (tertiary/aromatic N) is 3. The first-order valence-corrected chi connectivity index (χ1v) is 8.22. The number of ether oxygens (including phenoxy) is 1. The van der Waals surface area contributed by atoms with Crippen molar-refractivity contribution < 1.29 is 4.74 Å². The van der Waals surface area contributed by atoms with E-state index in [-0.39, 0.29) is 5.28 Å². The average molecular weight is 329 g/mol. The molecule has 2 aromatic heterocycles. The maximum atomic E-state index is 5.98. The molecular weight excluding hydrogens is 308 g/mol. The molecule has 0 aliphatic carbocycles. The number of aromatic nitrogens is 2. The highest BCUT2D eigenvalue weighted by molar-refractivity contribution is 7.18. The molecule has 0 saturated heterocycles. The van der Waals surface area contributed by atoms with E-state index < -0.39 is 0 Å². The number of thiophene rings is 1. The molecule has 0 aromatic carbocycles. The minimum atomic E-state index is 0.281. The van der Waals surface area contributed by atoms with Gasteiger partial charge in [0.15, 0.2) is 0 Å². The molecule has 0 atom stereocenters. The maximum Gasteiger partial charge on any atom is 0.225 e. The minimum absolute atomic E-state index is 0.281. The lowest BCUT2D eigenvalue weighted by Gasteiger charge is -2.10. The van der Waals surface area contributed by atoms with Gasteiger partial charge in [-0.05, 0) is 38.2 Å². The van der Waals surface area contributed by atoms with Crippen LogP contribution in [0.5, 0.6) is 0 Å². The van der Waals surface area contributed by atoms with Crippen molar-refractivity contribution in [3.63, 3.8) is 0 Å². The maximum absolute atomic E-state index is 5.98. The van der Waals surface area contributed by atoms with Gasteiger partial charge in [0.2, 0.25) is 5.28 Å². The Bertz CT molecular complexity index is 588. The van der Waals surface area contributed by atoms with Crippen LogP contribution in [0.4, 0.5) is 5.82 Å². The van der Waals surface area contributed by atoms with Crippen molar-refractivity contribution in [1.29, 1.82) is 0 Å². The van der Waals surface area contributed by atoms with Gasteiger partial charge < -0.3 is 15.0 Å². The average Bonchev–Trinajstić information content (AvgIpc) is 2.85. The van der Waals surface area contributed by atoms with Gasteiger partial charge in [0.25, 0.3) is 0 Å². The molecule has 0 radical (unpaired) electrons. The van der Waals surface area contributed by atoms with Gasteiger partial charge in [-0.25, -0.2) is 9.97 Å². The number of likely N-dealkylation sites (N-methyl/N-ethyl adjacent to an activating group) is 1. The highest BCUT2D eigenvalue weighted by Gasteiger charge is 2.10. The number of hydrogen-bond donors (Lipinski definition) is 1. The molecule has 0 aliphatic rings. The summed E-state index contributed by atoms with van der Waals surface area (Å²) in [6, 6.07) is 2.13. The molecule has 116 valence electrons. The monoisotopic (exact) mass is 328 g/mol. The fraction of sp³-hybridized carbons (Fsp3) is 0.571.